The van der Waals surface area contributed by atoms with E-state index in [0.717, 1.165) is 5.56 Å². The van der Waals surface area contributed by atoms with Crippen molar-refractivity contribution in [1.82, 2.24) is 0 Å². The van der Waals surface area contributed by atoms with Crippen molar-refractivity contribution < 1.29 is 13.2 Å². The van der Waals surface area contributed by atoms with Crippen molar-refractivity contribution in [3.05, 3.63) is 34.9 Å². The van der Waals surface area contributed by atoms with Gasteiger partial charge in [0.25, 0.3) is 0 Å². The Kier molecular flexibility index (Phi) is 6.27. The maximum atomic E-state index is 10.6. The molecule has 6 heteroatoms. The monoisotopic (exact) mass is 296 g/mol. The van der Waals surface area contributed by atoms with Crippen molar-refractivity contribution in [3.63, 3.8) is 0 Å². The first-order valence-corrected chi connectivity index (χ1v) is 8.07. The van der Waals surface area contributed by atoms with Crippen LogP contribution in [0, 0.1) is 0 Å². The molecule has 0 fully saturated rings. The Morgan fingerprint density at radius 3 is 2.65 bits per heavy atom. The Labute approximate surface area is 111 Å². The molecule has 0 aliphatic carbocycles. The van der Waals surface area contributed by atoms with Crippen LogP contribution in [-0.2, 0) is 20.4 Å². The molecule has 0 aliphatic rings. The smallest absolute Gasteiger partial charge is 0.232 e. The van der Waals surface area contributed by atoms with Crippen molar-refractivity contribution in [2.45, 2.75) is 19.4 Å². The van der Waals surface area contributed by atoms with Crippen LogP contribution in [0.5, 0.6) is 0 Å². The van der Waals surface area contributed by atoms with Crippen LogP contribution in [0.4, 0.5) is 0 Å². The number of rotatable bonds is 7. The highest BCUT2D eigenvalue weighted by molar-refractivity contribution is 8.13. The Hall–Kier alpha value is -0.290. The van der Waals surface area contributed by atoms with Crippen LogP contribution in [0.15, 0.2) is 24.3 Å². The molecular formula is C11H14Cl2O3S. The first-order valence-electron chi connectivity index (χ1n) is 5.22. The van der Waals surface area contributed by atoms with Crippen molar-refractivity contribution in [1.29, 1.82) is 0 Å². The number of ether oxygens (including phenoxy) is 1. The SMILES string of the molecule is O=S(=O)(Cl)CCCCOCc1cccc(Cl)c1. The first kappa shape index (κ1) is 14.8. The van der Waals surface area contributed by atoms with E-state index in [1.165, 1.54) is 0 Å². The van der Waals surface area contributed by atoms with Gasteiger partial charge < -0.3 is 4.74 Å². The van der Waals surface area contributed by atoms with E-state index in [-0.39, 0.29) is 5.75 Å². The van der Waals surface area contributed by atoms with Crippen molar-refractivity contribution in [3.8, 4) is 0 Å². The average Bonchev–Trinajstić information content (AvgIpc) is 2.22. The molecular weight excluding hydrogens is 283 g/mol. The normalized spacial score (nSPS) is 11.6. The number of hydrogen-bond donors (Lipinski definition) is 0. The molecule has 3 nitrogen and oxygen atoms in total. The van der Waals surface area contributed by atoms with Crippen LogP contribution in [0.1, 0.15) is 18.4 Å². The molecule has 96 valence electrons. The fraction of sp³-hybridized carbons (Fsp3) is 0.455. The van der Waals surface area contributed by atoms with Gasteiger partial charge in [-0.25, -0.2) is 8.42 Å². The van der Waals surface area contributed by atoms with Gasteiger partial charge in [-0.15, -0.1) is 0 Å². The largest absolute Gasteiger partial charge is 0.377 e. The minimum Gasteiger partial charge on any atom is -0.377 e. The molecule has 0 unspecified atom stereocenters. The Morgan fingerprint density at radius 1 is 1.24 bits per heavy atom. The fourth-order valence-electron chi connectivity index (χ4n) is 1.30. The average molecular weight is 297 g/mol. The van der Waals surface area contributed by atoms with E-state index in [4.69, 9.17) is 27.0 Å². The lowest BCUT2D eigenvalue weighted by Gasteiger charge is -2.04. The summed E-state index contributed by atoms with van der Waals surface area (Å²) in [6.45, 7) is 0.993. The van der Waals surface area contributed by atoms with E-state index in [9.17, 15) is 8.42 Å². The molecule has 1 aromatic carbocycles. The van der Waals surface area contributed by atoms with Gasteiger partial charge in [-0.2, -0.15) is 0 Å². The predicted octanol–water partition coefficient (Wildman–Crippen LogP) is 3.21. The fourth-order valence-corrected chi connectivity index (χ4v) is 2.38. The summed E-state index contributed by atoms with van der Waals surface area (Å²) >= 11 is 5.82. The van der Waals surface area contributed by atoms with Gasteiger partial charge in [-0.3, -0.25) is 0 Å². The molecule has 0 radical (unpaired) electrons. The van der Waals surface area contributed by atoms with Crippen molar-refractivity contribution in [2.24, 2.45) is 0 Å². The summed E-state index contributed by atoms with van der Waals surface area (Å²) in [4.78, 5) is 0. The van der Waals surface area contributed by atoms with Crippen LogP contribution >= 0.6 is 22.3 Å². The molecule has 0 heterocycles. The minimum atomic E-state index is -3.37. The molecule has 0 amide bonds. The summed E-state index contributed by atoms with van der Waals surface area (Å²) < 4.78 is 26.7. The summed E-state index contributed by atoms with van der Waals surface area (Å²) in [6.07, 6.45) is 1.19. The van der Waals surface area contributed by atoms with Crippen LogP contribution in [0.25, 0.3) is 0 Å². The topological polar surface area (TPSA) is 43.4 Å². The third-order valence-corrected chi connectivity index (χ3v) is 3.56. The summed E-state index contributed by atoms with van der Waals surface area (Å²) in [7, 11) is 1.71. The lowest BCUT2D eigenvalue weighted by Crippen LogP contribution is -2.01. The van der Waals surface area contributed by atoms with Crippen LogP contribution in [-0.4, -0.2) is 20.8 Å². The molecule has 0 aliphatic heterocycles. The molecule has 0 N–H and O–H groups in total. The van der Waals surface area contributed by atoms with Gasteiger partial charge in [0.05, 0.1) is 12.4 Å². The molecule has 1 rings (SSSR count). The lowest BCUT2D eigenvalue weighted by molar-refractivity contribution is 0.118. The second kappa shape index (κ2) is 7.21. The molecule has 0 atom stereocenters. The van der Waals surface area contributed by atoms with E-state index >= 15 is 0 Å². The summed E-state index contributed by atoms with van der Waals surface area (Å²) in [5, 5.41) is 0.680. The Balaban J connectivity index is 2.13. The van der Waals surface area contributed by atoms with Crippen LogP contribution < -0.4 is 0 Å². The third kappa shape index (κ3) is 7.60. The zero-order chi connectivity index (χ0) is 12.7. The zero-order valence-electron chi connectivity index (χ0n) is 9.23. The molecule has 0 aromatic heterocycles. The Morgan fingerprint density at radius 2 is 2.00 bits per heavy atom. The molecule has 1 aromatic rings. The molecule has 17 heavy (non-hydrogen) atoms. The third-order valence-electron chi connectivity index (χ3n) is 2.08. The van der Waals surface area contributed by atoms with Gasteiger partial charge in [0.1, 0.15) is 0 Å². The number of unbranched alkanes of at least 4 members (excludes halogenated alkanes) is 1. The molecule has 0 spiro atoms. The molecule has 0 saturated carbocycles. The van der Waals surface area contributed by atoms with E-state index in [2.05, 4.69) is 0 Å². The Bertz CT molecular complexity index is 446. The second-order valence-corrected chi connectivity index (χ2v) is 6.97. The van der Waals surface area contributed by atoms with E-state index in [1.54, 1.807) is 6.07 Å². The highest BCUT2D eigenvalue weighted by atomic mass is 35.7. The maximum absolute atomic E-state index is 10.6. The molecule has 0 saturated heterocycles. The van der Waals surface area contributed by atoms with Crippen molar-refractivity contribution >= 4 is 31.3 Å². The number of hydrogen-bond acceptors (Lipinski definition) is 3. The van der Waals surface area contributed by atoms with Gasteiger partial charge >= 0.3 is 0 Å². The summed E-state index contributed by atoms with van der Waals surface area (Å²) in [6, 6.07) is 7.43. The van der Waals surface area contributed by atoms with Gasteiger partial charge in [-0.05, 0) is 30.5 Å². The lowest BCUT2D eigenvalue weighted by atomic mass is 10.2. The summed E-state index contributed by atoms with van der Waals surface area (Å²) in [5.41, 5.74) is 1.00. The van der Waals surface area contributed by atoms with Gasteiger partial charge in [0.15, 0.2) is 0 Å². The standard InChI is InChI=1S/C11H14Cl2O3S/c12-11-5-3-4-10(8-11)9-16-6-1-2-7-17(13,14)15/h3-5,8H,1-2,6-7,9H2. The second-order valence-electron chi connectivity index (χ2n) is 3.63. The minimum absolute atomic E-state index is 0.00488. The van der Waals surface area contributed by atoms with Crippen molar-refractivity contribution in [2.75, 3.05) is 12.4 Å². The zero-order valence-corrected chi connectivity index (χ0v) is 11.6. The van der Waals surface area contributed by atoms with Gasteiger partial charge in [-0.1, -0.05) is 23.7 Å². The van der Waals surface area contributed by atoms with E-state index < -0.39 is 9.05 Å². The summed E-state index contributed by atoms with van der Waals surface area (Å²) in [5.74, 6) is -0.00488. The number of halogens is 2. The van der Waals surface area contributed by atoms with Gasteiger partial charge in [0, 0.05) is 22.3 Å². The number of benzene rings is 1. The van der Waals surface area contributed by atoms with Gasteiger partial charge in [0.2, 0.25) is 9.05 Å². The maximum Gasteiger partial charge on any atom is 0.232 e. The van der Waals surface area contributed by atoms with E-state index in [0.29, 0.717) is 31.1 Å². The first-order chi connectivity index (χ1) is 7.97. The highest BCUT2D eigenvalue weighted by Gasteiger charge is 2.03. The quantitative estimate of drug-likeness (QED) is 0.573. The van der Waals surface area contributed by atoms with Crippen LogP contribution in [0.3, 0.4) is 0 Å². The predicted molar refractivity (Wildman–Crippen MR) is 70.0 cm³/mol. The molecule has 0 bridgehead atoms. The highest BCUT2D eigenvalue weighted by Crippen LogP contribution is 2.11. The van der Waals surface area contributed by atoms with Crippen LogP contribution in [0.2, 0.25) is 5.02 Å². The van der Waals surface area contributed by atoms with E-state index in [1.807, 2.05) is 18.2 Å².